The Bertz CT molecular complexity index is 1030. The van der Waals surface area contributed by atoms with E-state index in [2.05, 4.69) is 5.32 Å². The Morgan fingerprint density at radius 3 is 2.32 bits per heavy atom. The van der Waals surface area contributed by atoms with Crippen molar-refractivity contribution in [2.45, 2.75) is 19.5 Å². The van der Waals surface area contributed by atoms with Crippen LogP contribution in [0.2, 0.25) is 5.02 Å². The van der Waals surface area contributed by atoms with E-state index in [1.807, 2.05) is 0 Å². The van der Waals surface area contributed by atoms with E-state index in [0.29, 0.717) is 10.8 Å². The minimum atomic E-state index is -3.79. The number of nitrogens with zero attached hydrogens (tertiary/aromatic N) is 2. The van der Waals surface area contributed by atoms with Crippen molar-refractivity contribution in [3.05, 3.63) is 59.1 Å². The minimum absolute atomic E-state index is 0.116. The molecular weight excluding hydrogens is 442 g/mol. The Labute approximate surface area is 187 Å². The van der Waals surface area contributed by atoms with Gasteiger partial charge in [0.15, 0.2) is 0 Å². The highest BCUT2D eigenvalue weighted by Gasteiger charge is 2.29. The molecule has 0 aliphatic heterocycles. The molecule has 1 unspecified atom stereocenters. The topological polar surface area (TPSA) is 96.0 Å². The molecule has 2 aromatic carbocycles. The standard InChI is InChI=1S/C21H26ClN3O5S/c1-15(21(27)23-2)24(13-16-8-10-19(30-3)11-9-16)20(26)14-25(31(4,28)29)18-7-5-6-17(22)12-18/h5-12,15H,13-14H2,1-4H3,(H,23,27). The summed E-state index contributed by atoms with van der Waals surface area (Å²) < 4.78 is 30.9. The fourth-order valence-corrected chi connectivity index (χ4v) is 3.99. The van der Waals surface area contributed by atoms with Crippen LogP contribution in [-0.2, 0) is 26.2 Å². The molecule has 8 nitrogen and oxygen atoms in total. The molecule has 2 aromatic rings. The fourth-order valence-electron chi connectivity index (χ4n) is 2.96. The van der Waals surface area contributed by atoms with Crippen LogP contribution in [0.1, 0.15) is 12.5 Å². The molecule has 10 heteroatoms. The molecule has 2 rings (SSSR count). The number of hydrogen-bond donors (Lipinski definition) is 1. The number of benzene rings is 2. The van der Waals surface area contributed by atoms with Gasteiger partial charge in [0, 0.05) is 18.6 Å². The number of carbonyl (C=O) groups excluding carboxylic acids is 2. The normalized spacial score (nSPS) is 12.0. The maximum Gasteiger partial charge on any atom is 0.244 e. The summed E-state index contributed by atoms with van der Waals surface area (Å²) >= 11 is 6.00. The van der Waals surface area contributed by atoms with Gasteiger partial charge in [0.1, 0.15) is 18.3 Å². The van der Waals surface area contributed by atoms with Crippen LogP contribution in [0.15, 0.2) is 48.5 Å². The molecule has 0 fully saturated rings. The average molecular weight is 468 g/mol. The summed E-state index contributed by atoms with van der Waals surface area (Å²) in [5, 5.41) is 2.86. The number of hydrogen-bond acceptors (Lipinski definition) is 5. The van der Waals surface area contributed by atoms with Crippen molar-refractivity contribution in [1.29, 1.82) is 0 Å². The van der Waals surface area contributed by atoms with Gasteiger partial charge in [-0.2, -0.15) is 0 Å². The van der Waals surface area contributed by atoms with Gasteiger partial charge in [-0.1, -0.05) is 29.8 Å². The number of halogens is 1. The monoisotopic (exact) mass is 467 g/mol. The molecule has 168 valence electrons. The molecule has 0 radical (unpaired) electrons. The number of anilines is 1. The van der Waals surface area contributed by atoms with Gasteiger partial charge in [-0.05, 0) is 42.8 Å². The minimum Gasteiger partial charge on any atom is -0.497 e. The fraction of sp³-hybridized carbons (Fsp3) is 0.333. The Morgan fingerprint density at radius 2 is 1.81 bits per heavy atom. The summed E-state index contributed by atoms with van der Waals surface area (Å²) in [6.45, 7) is 1.23. The van der Waals surface area contributed by atoms with Crippen molar-refractivity contribution >= 4 is 39.1 Å². The van der Waals surface area contributed by atoms with Gasteiger partial charge in [-0.25, -0.2) is 8.42 Å². The first-order valence-electron chi connectivity index (χ1n) is 9.44. The Hall–Kier alpha value is -2.78. The van der Waals surface area contributed by atoms with E-state index in [1.165, 1.54) is 18.0 Å². The van der Waals surface area contributed by atoms with Gasteiger partial charge in [0.05, 0.1) is 19.1 Å². The number of carbonyl (C=O) groups is 2. The number of nitrogens with one attached hydrogen (secondary N) is 1. The molecule has 0 aliphatic rings. The zero-order valence-corrected chi connectivity index (χ0v) is 19.4. The number of sulfonamides is 1. The lowest BCUT2D eigenvalue weighted by molar-refractivity contribution is -0.139. The predicted molar refractivity (Wildman–Crippen MR) is 121 cm³/mol. The lowest BCUT2D eigenvalue weighted by Gasteiger charge is -2.31. The van der Waals surface area contributed by atoms with E-state index in [1.54, 1.807) is 56.5 Å². The highest BCUT2D eigenvalue weighted by Crippen LogP contribution is 2.23. The van der Waals surface area contributed by atoms with Crippen molar-refractivity contribution < 1.29 is 22.7 Å². The lowest BCUT2D eigenvalue weighted by atomic mass is 10.1. The van der Waals surface area contributed by atoms with E-state index in [4.69, 9.17) is 16.3 Å². The SMILES string of the molecule is CNC(=O)C(C)N(Cc1ccc(OC)cc1)C(=O)CN(c1cccc(Cl)c1)S(C)(=O)=O. The molecule has 0 bridgehead atoms. The summed E-state index contributed by atoms with van der Waals surface area (Å²) in [4.78, 5) is 26.8. The lowest BCUT2D eigenvalue weighted by Crippen LogP contribution is -2.50. The first kappa shape index (κ1) is 24.5. The molecule has 0 saturated carbocycles. The van der Waals surface area contributed by atoms with Gasteiger partial charge in [0.25, 0.3) is 0 Å². The van der Waals surface area contributed by atoms with Crippen LogP contribution in [-0.4, -0.2) is 58.1 Å². The molecule has 0 heterocycles. The van der Waals surface area contributed by atoms with Crippen LogP contribution in [0.3, 0.4) is 0 Å². The average Bonchev–Trinajstić information content (AvgIpc) is 2.74. The predicted octanol–water partition coefficient (Wildman–Crippen LogP) is 2.28. The van der Waals surface area contributed by atoms with E-state index in [0.717, 1.165) is 16.1 Å². The largest absolute Gasteiger partial charge is 0.497 e. The highest BCUT2D eigenvalue weighted by atomic mass is 35.5. The molecule has 0 aliphatic carbocycles. The van der Waals surface area contributed by atoms with Crippen LogP contribution < -0.4 is 14.4 Å². The quantitative estimate of drug-likeness (QED) is 0.610. The third kappa shape index (κ3) is 6.60. The molecule has 0 aromatic heterocycles. The van der Waals surface area contributed by atoms with Gasteiger partial charge < -0.3 is 15.0 Å². The van der Waals surface area contributed by atoms with Crippen LogP contribution in [0.5, 0.6) is 5.75 Å². The smallest absolute Gasteiger partial charge is 0.244 e. The summed E-state index contributed by atoms with van der Waals surface area (Å²) in [5.74, 6) is -0.238. The van der Waals surface area contributed by atoms with E-state index < -0.39 is 28.5 Å². The van der Waals surface area contributed by atoms with Crippen LogP contribution >= 0.6 is 11.6 Å². The number of methoxy groups -OCH3 is 1. The Balaban J connectivity index is 2.36. The van der Waals surface area contributed by atoms with Crippen LogP contribution in [0.4, 0.5) is 5.69 Å². The molecule has 31 heavy (non-hydrogen) atoms. The maximum absolute atomic E-state index is 13.2. The second kappa shape index (κ2) is 10.5. The summed E-state index contributed by atoms with van der Waals surface area (Å²) in [5.41, 5.74) is 1.03. The van der Waals surface area contributed by atoms with E-state index in [-0.39, 0.29) is 18.1 Å². The molecule has 0 saturated heterocycles. The zero-order chi connectivity index (χ0) is 23.2. The number of amides is 2. The second-order valence-electron chi connectivity index (χ2n) is 6.91. The van der Waals surface area contributed by atoms with Gasteiger partial charge in [0.2, 0.25) is 21.8 Å². The van der Waals surface area contributed by atoms with Crippen LogP contribution in [0.25, 0.3) is 0 Å². The molecule has 0 spiro atoms. The van der Waals surface area contributed by atoms with Crippen LogP contribution in [0, 0.1) is 0 Å². The van der Waals surface area contributed by atoms with E-state index in [9.17, 15) is 18.0 Å². The van der Waals surface area contributed by atoms with Crippen molar-refractivity contribution in [2.75, 3.05) is 31.3 Å². The van der Waals surface area contributed by atoms with E-state index >= 15 is 0 Å². The summed E-state index contributed by atoms with van der Waals surface area (Å²) in [7, 11) is -0.761. The van der Waals surface area contributed by atoms with Gasteiger partial charge in [-0.15, -0.1) is 0 Å². The van der Waals surface area contributed by atoms with Crippen molar-refractivity contribution in [3.8, 4) is 5.75 Å². The number of rotatable bonds is 9. The maximum atomic E-state index is 13.2. The Morgan fingerprint density at radius 1 is 1.16 bits per heavy atom. The Kier molecular flexibility index (Phi) is 8.29. The first-order chi connectivity index (χ1) is 14.6. The first-order valence-corrected chi connectivity index (χ1v) is 11.7. The molecule has 1 atom stereocenters. The summed E-state index contributed by atoms with van der Waals surface area (Å²) in [6, 6.07) is 12.5. The highest BCUT2D eigenvalue weighted by molar-refractivity contribution is 7.92. The molecule has 2 amide bonds. The zero-order valence-electron chi connectivity index (χ0n) is 17.8. The number of likely N-dealkylation sites (N-methyl/N-ethyl adjacent to an activating group) is 1. The van der Waals surface area contributed by atoms with Crippen molar-refractivity contribution in [2.24, 2.45) is 0 Å². The second-order valence-corrected chi connectivity index (χ2v) is 9.25. The van der Waals surface area contributed by atoms with Gasteiger partial charge in [-0.3, -0.25) is 13.9 Å². The summed E-state index contributed by atoms with van der Waals surface area (Å²) in [6.07, 6.45) is 1.01. The third-order valence-electron chi connectivity index (χ3n) is 4.70. The number of ether oxygens (including phenoxy) is 1. The third-order valence-corrected chi connectivity index (χ3v) is 6.08. The molecular formula is C21H26ClN3O5S. The van der Waals surface area contributed by atoms with Gasteiger partial charge >= 0.3 is 0 Å². The van der Waals surface area contributed by atoms with Crippen molar-refractivity contribution in [3.63, 3.8) is 0 Å². The molecule has 1 N–H and O–H groups in total. The van der Waals surface area contributed by atoms with Crippen molar-refractivity contribution in [1.82, 2.24) is 10.2 Å².